The fourth-order valence-electron chi connectivity index (χ4n) is 1.80. The number of amides is 2. The number of hydrogen-bond donors (Lipinski definition) is 2. The van der Waals surface area contributed by atoms with Crippen molar-refractivity contribution < 1.29 is 14.0 Å². The molecule has 0 aliphatic carbocycles. The Labute approximate surface area is 136 Å². The van der Waals surface area contributed by atoms with Crippen LogP contribution in [0.3, 0.4) is 0 Å². The Bertz CT molecular complexity index is 626. The van der Waals surface area contributed by atoms with Gasteiger partial charge in [-0.25, -0.2) is 0 Å². The molecule has 2 aromatic rings. The highest BCUT2D eigenvalue weighted by Crippen LogP contribution is 2.12. The van der Waals surface area contributed by atoms with Crippen molar-refractivity contribution in [3.05, 3.63) is 57.6 Å². The third kappa shape index (κ3) is 4.32. The van der Waals surface area contributed by atoms with Crippen LogP contribution in [0.4, 0.5) is 0 Å². The van der Waals surface area contributed by atoms with E-state index in [-0.39, 0.29) is 24.4 Å². The summed E-state index contributed by atoms with van der Waals surface area (Å²) < 4.78 is 6.05. The standard InChI is InChI=1S/C15H15IN2O3/c1-10(13-7-4-8-21-13)18-14(19)9-17-15(20)11-5-2-3-6-12(11)16/h2-8,10H,9H2,1H3,(H,17,20)(H,18,19)/t10-/m0/s1. The summed E-state index contributed by atoms with van der Waals surface area (Å²) in [5.74, 6) is 0.145. The molecule has 0 saturated heterocycles. The monoisotopic (exact) mass is 398 g/mol. The zero-order valence-corrected chi connectivity index (χ0v) is 13.6. The van der Waals surface area contributed by atoms with Crippen molar-refractivity contribution in [1.82, 2.24) is 10.6 Å². The molecule has 2 rings (SSSR count). The largest absolute Gasteiger partial charge is 0.467 e. The molecule has 21 heavy (non-hydrogen) atoms. The molecule has 1 heterocycles. The molecule has 0 unspecified atom stereocenters. The number of nitrogens with one attached hydrogen (secondary N) is 2. The van der Waals surface area contributed by atoms with Crippen molar-refractivity contribution >= 4 is 34.4 Å². The smallest absolute Gasteiger partial charge is 0.252 e. The second-order valence-corrected chi connectivity index (χ2v) is 5.63. The first-order valence-electron chi connectivity index (χ1n) is 6.43. The van der Waals surface area contributed by atoms with Gasteiger partial charge in [0, 0.05) is 3.57 Å². The lowest BCUT2D eigenvalue weighted by atomic mass is 10.2. The van der Waals surface area contributed by atoms with E-state index < -0.39 is 0 Å². The molecule has 2 amide bonds. The van der Waals surface area contributed by atoms with Gasteiger partial charge in [0.05, 0.1) is 24.4 Å². The molecule has 1 aromatic carbocycles. The molecule has 1 aromatic heterocycles. The number of benzene rings is 1. The molecular formula is C15H15IN2O3. The van der Waals surface area contributed by atoms with Gasteiger partial charge in [-0.3, -0.25) is 9.59 Å². The van der Waals surface area contributed by atoms with Gasteiger partial charge in [-0.2, -0.15) is 0 Å². The van der Waals surface area contributed by atoms with Gasteiger partial charge in [-0.1, -0.05) is 12.1 Å². The lowest BCUT2D eigenvalue weighted by molar-refractivity contribution is -0.120. The topological polar surface area (TPSA) is 71.3 Å². The SMILES string of the molecule is C[C@H](NC(=O)CNC(=O)c1ccccc1I)c1ccco1. The summed E-state index contributed by atoms with van der Waals surface area (Å²) in [4.78, 5) is 23.8. The van der Waals surface area contributed by atoms with Crippen molar-refractivity contribution in [2.45, 2.75) is 13.0 Å². The lowest BCUT2D eigenvalue weighted by Crippen LogP contribution is -2.38. The van der Waals surface area contributed by atoms with E-state index in [1.165, 1.54) is 0 Å². The van der Waals surface area contributed by atoms with Gasteiger partial charge in [-0.05, 0) is 53.8 Å². The molecule has 2 N–H and O–H groups in total. The second-order valence-electron chi connectivity index (χ2n) is 4.47. The molecule has 0 saturated carbocycles. The maximum Gasteiger partial charge on any atom is 0.252 e. The average Bonchev–Trinajstić information content (AvgIpc) is 2.99. The maximum absolute atomic E-state index is 12.0. The Balaban J connectivity index is 1.84. The van der Waals surface area contributed by atoms with Gasteiger partial charge < -0.3 is 15.1 Å². The normalized spacial score (nSPS) is 11.7. The first-order valence-corrected chi connectivity index (χ1v) is 7.51. The van der Waals surface area contributed by atoms with Crippen molar-refractivity contribution in [3.8, 4) is 0 Å². The fourth-order valence-corrected chi connectivity index (χ4v) is 2.43. The summed E-state index contributed by atoms with van der Waals surface area (Å²) in [5, 5.41) is 5.36. The number of halogens is 1. The predicted molar refractivity (Wildman–Crippen MR) is 86.8 cm³/mol. The minimum Gasteiger partial charge on any atom is -0.467 e. The maximum atomic E-state index is 12.0. The molecule has 0 bridgehead atoms. The highest BCUT2D eigenvalue weighted by Gasteiger charge is 2.14. The van der Waals surface area contributed by atoms with E-state index >= 15 is 0 Å². The Morgan fingerprint density at radius 1 is 1.24 bits per heavy atom. The molecule has 0 fully saturated rings. The minimum absolute atomic E-state index is 0.0745. The first-order chi connectivity index (χ1) is 10.1. The first kappa shape index (κ1) is 15.6. The summed E-state index contributed by atoms with van der Waals surface area (Å²) in [6, 6.07) is 10.5. The molecule has 0 radical (unpaired) electrons. The third-order valence-corrected chi connectivity index (χ3v) is 3.82. The minimum atomic E-state index is -0.266. The van der Waals surface area contributed by atoms with Crippen LogP contribution in [0.2, 0.25) is 0 Å². The van der Waals surface area contributed by atoms with Crippen molar-refractivity contribution in [3.63, 3.8) is 0 Å². The molecule has 6 heteroatoms. The van der Waals surface area contributed by atoms with Crippen LogP contribution < -0.4 is 10.6 Å². The van der Waals surface area contributed by atoms with Gasteiger partial charge in [0.15, 0.2) is 0 Å². The number of carbonyl (C=O) groups excluding carboxylic acids is 2. The van der Waals surface area contributed by atoms with E-state index in [4.69, 9.17) is 4.42 Å². The summed E-state index contributed by atoms with van der Waals surface area (Å²) in [6.07, 6.45) is 1.55. The summed E-state index contributed by atoms with van der Waals surface area (Å²) in [7, 11) is 0. The summed E-state index contributed by atoms with van der Waals surface area (Å²) >= 11 is 2.09. The quantitative estimate of drug-likeness (QED) is 0.761. The third-order valence-electron chi connectivity index (χ3n) is 2.88. The van der Waals surface area contributed by atoms with Gasteiger partial charge in [0.1, 0.15) is 5.76 Å². The van der Waals surface area contributed by atoms with Crippen LogP contribution in [-0.2, 0) is 4.79 Å². The van der Waals surface area contributed by atoms with Crippen LogP contribution in [0.1, 0.15) is 29.1 Å². The molecule has 110 valence electrons. The fraction of sp³-hybridized carbons (Fsp3) is 0.200. The predicted octanol–water partition coefficient (Wildman–Crippen LogP) is 2.49. The Kier molecular flexibility index (Phi) is 5.38. The molecule has 0 spiro atoms. The van der Waals surface area contributed by atoms with Crippen molar-refractivity contribution in [2.24, 2.45) is 0 Å². The zero-order valence-electron chi connectivity index (χ0n) is 11.4. The van der Waals surface area contributed by atoms with E-state index in [0.29, 0.717) is 11.3 Å². The van der Waals surface area contributed by atoms with E-state index in [1.54, 1.807) is 30.5 Å². The Morgan fingerprint density at radius 3 is 2.67 bits per heavy atom. The van der Waals surface area contributed by atoms with Crippen LogP contribution in [0.15, 0.2) is 47.1 Å². The second kappa shape index (κ2) is 7.26. The van der Waals surface area contributed by atoms with Gasteiger partial charge in [0.2, 0.25) is 5.91 Å². The molecule has 1 atom stereocenters. The molecule has 5 nitrogen and oxygen atoms in total. The summed E-state index contributed by atoms with van der Waals surface area (Å²) in [5.41, 5.74) is 0.560. The highest BCUT2D eigenvalue weighted by molar-refractivity contribution is 14.1. The van der Waals surface area contributed by atoms with E-state index in [1.807, 2.05) is 19.1 Å². The number of carbonyl (C=O) groups is 2. The molecule has 0 aliphatic rings. The van der Waals surface area contributed by atoms with Crippen LogP contribution in [0, 0.1) is 3.57 Å². The zero-order chi connectivity index (χ0) is 15.2. The number of rotatable bonds is 5. The molecule has 0 aliphatic heterocycles. The van der Waals surface area contributed by atoms with E-state index in [2.05, 4.69) is 33.2 Å². The van der Waals surface area contributed by atoms with Gasteiger partial charge >= 0.3 is 0 Å². The van der Waals surface area contributed by atoms with Crippen LogP contribution in [0.5, 0.6) is 0 Å². The van der Waals surface area contributed by atoms with Crippen LogP contribution in [0.25, 0.3) is 0 Å². The van der Waals surface area contributed by atoms with Crippen molar-refractivity contribution in [2.75, 3.05) is 6.54 Å². The van der Waals surface area contributed by atoms with Gasteiger partial charge in [0.25, 0.3) is 5.91 Å². The Hall–Kier alpha value is -1.83. The van der Waals surface area contributed by atoms with E-state index in [0.717, 1.165) is 3.57 Å². The Morgan fingerprint density at radius 2 is 2.00 bits per heavy atom. The number of furan rings is 1. The molecular weight excluding hydrogens is 383 g/mol. The lowest BCUT2D eigenvalue weighted by Gasteiger charge is -2.12. The van der Waals surface area contributed by atoms with Crippen LogP contribution in [-0.4, -0.2) is 18.4 Å². The summed E-state index contributed by atoms with van der Waals surface area (Å²) in [6.45, 7) is 1.74. The highest BCUT2D eigenvalue weighted by atomic mass is 127. The number of hydrogen-bond acceptors (Lipinski definition) is 3. The average molecular weight is 398 g/mol. The van der Waals surface area contributed by atoms with E-state index in [9.17, 15) is 9.59 Å². The van der Waals surface area contributed by atoms with Crippen LogP contribution >= 0.6 is 22.6 Å². The van der Waals surface area contributed by atoms with Gasteiger partial charge in [-0.15, -0.1) is 0 Å². The van der Waals surface area contributed by atoms with Crippen molar-refractivity contribution in [1.29, 1.82) is 0 Å².